The highest BCUT2D eigenvalue weighted by atomic mass is 32.1. The Morgan fingerprint density at radius 1 is 1.23 bits per heavy atom. The summed E-state index contributed by atoms with van der Waals surface area (Å²) in [6.45, 7) is 4.30. The molecule has 9 heteroatoms. The number of hydrogen-bond donors (Lipinski definition) is 7. The van der Waals surface area contributed by atoms with Crippen LogP contribution in [0.25, 0.3) is 0 Å². The number of ether oxygens (including phenoxy) is 1. The molecule has 0 amide bonds. The first-order chi connectivity index (χ1) is 12.3. The number of rotatable bonds is 9. The molecule has 0 heterocycles. The monoisotopic (exact) mass is 392 g/mol. The predicted molar refractivity (Wildman–Crippen MR) is 102 cm³/mol. The molecule has 7 N–H and O–H groups in total. The van der Waals surface area contributed by atoms with Gasteiger partial charge >= 0.3 is 0 Å². The minimum absolute atomic E-state index is 0.0159. The molecule has 0 aromatic rings. The second-order valence-electron chi connectivity index (χ2n) is 6.49. The first-order valence-electron chi connectivity index (χ1n) is 9.03. The summed E-state index contributed by atoms with van der Waals surface area (Å²) in [5.74, 6) is 0. The number of aliphatic hydroxyl groups excluding tert-OH is 5. The minimum Gasteiger partial charge on any atom is -0.393 e. The fourth-order valence-electron chi connectivity index (χ4n) is 2.63. The molecule has 0 saturated carbocycles. The Morgan fingerprint density at radius 2 is 1.92 bits per heavy atom. The maximum Gasteiger partial charge on any atom is 0.166 e. The molecule has 1 rings (SSSR count). The van der Waals surface area contributed by atoms with E-state index in [-0.39, 0.29) is 19.4 Å². The SMILES string of the molecule is CCNC(=S)NC(COC1C=CCC(O)C(O)C1O)C(O)CC(O)CC. The van der Waals surface area contributed by atoms with Gasteiger partial charge in [0.1, 0.15) is 18.3 Å². The van der Waals surface area contributed by atoms with Crippen LogP contribution < -0.4 is 10.6 Å². The largest absolute Gasteiger partial charge is 0.393 e. The summed E-state index contributed by atoms with van der Waals surface area (Å²) in [5, 5.41) is 56.1. The molecular formula is C17H32N2O6S. The molecule has 0 spiro atoms. The van der Waals surface area contributed by atoms with E-state index >= 15 is 0 Å². The van der Waals surface area contributed by atoms with Gasteiger partial charge in [0.25, 0.3) is 0 Å². The van der Waals surface area contributed by atoms with Crippen molar-refractivity contribution in [2.24, 2.45) is 0 Å². The lowest BCUT2D eigenvalue weighted by Crippen LogP contribution is -2.52. The van der Waals surface area contributed by atoms with Crippen molar-refractivity contribution < 1.29 is 30.3 Å². The number of aliphatic hydroxyl groups is 5. The zero-order valence-corrected chi connectivity index (χ0v) is 16.1. The molecule has 1 aliphatic rings. The molecular weight excluding hydrogens is 360 g/mol. The van der Waals surface area contributed by atoms with Crippen molar-refractivity contribution in [3.63, 3.8) is 0 Å². The minimum atomic E-state index is -1.32. The van der Waals surface area contributed by atoms with Gasteiger partial charge in [0, 0.05) is 13.0 Å². The highest BCUT2D eigenvalue weighted by Gasteiger charge is 2.33. The quantitative estimate of drug-likeness (QED) is 0.191. The summed E-state index contributed by atoms with van der Waals surface area (Å²) in [5.41, 5.74) is 0. The van der Waals surface area contributed by atoms with E-state index in [9.17, 15) is 25.5 Å². The molecule has 26 heavy (non-hydrogen) atoms. The number of thiocarbonyl (C=S) groups is 1. The summed E-state index contributed by atoms with van der Waals surface area (Å²) in [4.78, 5) is 0. The molecule has 0 radical (unpaired) electrons. The van der Waals surface area contributed by atoms with Crippen molar-refractivity contribution in [1.82, 2.24) is 10.6 Å². The van der Waals surface area contributed by atoms with Crippen LogP contribution in [0.4, 0.5) is 0 Å². The van der Waals surface area contributed by atoms with E-state index in [0.717, 1.165) is 0 Å². The van der Waals surface area contributed by atoms with Crippen LogP contribution in [0.15, 0.2) is 12.2 Å². The standard InChI is InChI=1S/C17H32N2O6S/c1-3-10(20)8-13(22)11(19-17(26)18-4-2)9-25-14-7-5-6-12(21)15(23)16(14)24/h5,7,10-16,20-24H,3-4,6,8-9H2,1-2H3,(H2,18,19,26). The summed E-state index contributed by atoms with van der Waals surface area (Å²) in [7, 11) is 0. The van der Waals surface area contributed by atoms with Crippen LogP contribution >= 0.6 is 12.2 Å². The smallest absolute Gasteiger partial charge is 0.166 e. The van der Waals surface area contributed by atoms with Gasteiger partial charge in [-0.1, -0.05) is 19.1 Å². The third-order valence-electron chi connectivity index (χ3n) is 4.36. The van der Waals surface area contributed by atoms with Crippen molar-refractivity contribution >= 4 is 17.3 Å². The highest BCUT2D eigenvalue weighted by Crippen LogP contribution is 2.17. The normalized spacial score (nSPS) is 29.5. The lowest BCUT2D eigenvalue weighted by Gasteiger charge is -2.30. The first kappa shape index (κ1) is 23.2. The summed E-state index contributed by atoms with van der Waals surface area (Å²) in [6.07, 6.45) is -1.99. The lowest BCUT2D eigenvalue weighted by molar-refractivity contribution is -0.110. The van der Waals surface area contributed by atoms with Gasteiger partial charge in [-0.2, -0.15) is 0 Å². The van der Waals surface area contributed by atoms with E-state index in [0.29, 0.717) is 18.1 Å². The Labute approximate surface area is 159 Å². The number of hydrogen-bond acceptors (Lipinski definition) is 7. The molecule has 7 unspecified atom stereocenters. The first-order valence-corrected chi connectivity index (χ1v) is 9.43. The van der Waals surface area contributed by atoms with Crippen molar-refractivity contribution in [2.75, 3.05) is 13.2 Å². The van der Waals surface area contributed by atoms with Crippen molar-refractivity contribution in [3.05, 3.63) is 12.2 Å². The predicted octanol–water partition coefficient (Wildman–Crippen LogP) is -1.21. The van der Waals surface area contributed by atoms with Crippen LogP contribution in [0.5, 0.6) is 0 Å². The van der Waals surface area contributed by atoms with Gasteiger partial charge in [0.05, 0.1) is 31.0 Å². The highest BCUT2D eigenvalue weighted by molar-refractivity contribution is 7.80. The van der Waals surface area contributed by atoms with Gasteiger partial charge in [0.15, 0.2) is 5.11 Å². The molecule has 7 atom stereocenters. The van der Waals surface area contributed by atoms with Crippen molar-refractivity contribution in [1.29, 1.82) is 0 Å². The Morgan fingerprint density at radius 3 is 2.54 bits per heavy atom. The van der Waals surface area contributed by atoms with E-state index in [1.165, 1.54) is 0 Å². The summed E-state index contributed by atoms with van der Waals surface area (Å²) >= 11 is 5.15. The third-order valence-corrected chi connectivity index (χ3v) is 4.62. The maximum atomic E-state index is 10.4. The van der Waals surface area contributed by atoms with Crippen LogP contribution in [-0.2, 0) is 4.74 Å². The second-order valence-corrected chi connectivity index (χ2v) is 6.89. The van der Waals surface area contributed by atoms with E-state index in [1.54, 1.807) is 12.2 Å². The zero-order chi connectivity index (χ0) is 19.7. The lowest BCUT2D eigenvalue weighted by atomic mass is 10.0. The van der Waals surface area contributed by atoms with E-state index in [1.807, 2.05) is 13.8 Å². The average molecular weight is 393 g/mol. The van der Waals surface area contributed by atoms with Crippen LogP contribution in [0, 0.1) is 0 Å². The van der Waals surface area contributed by atoms with E-state index in [2.05, 4.69) is 10.6 Å². The second kappa shape index (κ2) is 11.8. The molecule has 0 aromatic carbocycles. The maximum absolute atomic E-state index is 10.4. The number of nitrogens with one attached hydrogen (secondary N) is 2. The van der Waals surface area contributed by atoms with Crippen LogP contribution in [0.1, 0.15) is 33.1 Å². The Hall–Kier alpha value is -0.810. The van der Waals surface area contributed by atoms with Crippen molar-refractivity contribution in [3.8, 4) is 0 Å². The van der Waals surface area contributed by atoms with Crippen LogP contribution in [0.2, 0.25) is 0 Å². The zero-order valence-electron chi connectivity index (χ0n) is 15.3. The molecule has 0 fully saturated rings. The molecule has 152 valence electrons. The van der Waals surface area contributed by atoms with Crippen molar-refractivity contribution in [2.45, 2.75) is 75.8 Å². The Bertz CT molecular complexity index is 453. The van der Waals surface area contributed by atoms with Gasteiger partial charge in [-0.15, -0.1) is 0 Å². The van der Waals surface area contributed by atoms with E-state index < -0.39 is 42.7 Å². The molecule has 8 nitrogen and oxygen atoms in total. The van der Waals surface area contributed by atoms with E-state index in [4.69, 9.17) is 17.0 Å². The molecule has 0 saturated heterocycles. The van der Waals surface area contributed by atoms with Gasteiger partial charge in [0.2, 0.25) is 0 Å². The summed E-state index contributed by atoms with van der Waals surface area (Å²) < 4.78 is 5.67. The average Bonchev–Trinajstić information content (AvgIpc) is 2.72. The molecule has 1 aliphatic carbocycles. The summed E-state index contributed by atoms with van der Waals surface area (Å²) in [6, 6.07) is -0.617. The Kier molecular flexibility index (Phi) is 10.6. The molecule has 0 bridgehead atoms. The van der Waals surface area contributed by atoms with Gasteiger partial charge in [-0.05, 0) is 32.0 Å². The molecule has 0 aromatic heterocycles. The van der Waals surface area contributed by atoms with Gasteiger partial charge in [-0.3, -0.25) is 0 Å². The fraction of sp³-hybridized carbons (Fsp3) is 0.824. The van der Waals surface area contributed by atoms with Gasteiger partial charge < -0.3 is 40.9 Å². The Balaban J connectivity index is 2.72. The van der Waals surface area contributed by atoms with Crippen LogP contribution in [0.3, 0.4) is 0 Å². The topological polar surface area (TPSA) is 134 Å². The molecule has 0 aliphatic heterocycles. The van der Waals surface area contributed by atoms with Crippen LogP contribution in [-0.4, -0.2) is 86.5 Å². The third kappa shape index (κ3) is 7.43. The fourth-order valence-corrected chi connectivity index (χ4v) is 2.93. The van der Waals surface area contributed by atoms with Gasteiger partial charge in [-0.25, -0.2) is 0 Å².